The van der Waals surface area contributed by atoms with Crippen LogP contribution in [0.25, 0.3) is 0 Å². The van der Waals surface area contributed by atoms with E-state index in [1.165, 1.54) is 44.1 Å². The summed E-state index contributed by atoms with van der Waals surface area (Å²) in [6, 6.07) is 8.83. The molecule has 2 N–H and O–H groups in total. The molecule has 1 fully saturated rings. The molecule has 0 amide bonds. The van der Waals surface area contributed by atoms with Gasteiger partial charge < -0.3 is 10.5 Å². The molecule has 20 heavy (non-hydrogen) atoms. The van der Waals surface area contributed by atoms with Gasteiger partial charge >= 0.3 is 0 Å². The van der Waals surface area contributed by atoms with E-state index in [-0.39, 0.29) is 0 Å². The minimum Gasteiger partial charge on any atom is -0.493 e. The van der Waals surface area contributed by atoms with Crippen LogP contribution in [-0.4, -0.2) is 12.6 Å². The molecule has 1 aromatic carbocycles. The smallest absolute Gasteiger partial charge is 0.122 e. The summed E-state index contributed by atoms with van der Waals surface area (Å²) in [7, 11) is 0. The van der Waals surface area contributed by atoms with Crippen molar-refractivity contribution in [3.05, 3.63) is 29.8 Å². The largest absolute Gasteiger partial charge is 0.493 e. The van der Waals surface area contributed by atoms with Gasteiger partial charge in [0.05, 0.1) is 6.61 Å². The number of rotatable bonds is 5. The molecule has 2 atom stereocenters. The Labute approximate surface area is 122 Å². The Kier molecular flexibility index (Phi) is 4.62. The van der Waals surface area contributed by atoms with Crippen molar-refractivity contribution in [3.63, 3.8) is 0 Å². The van der Waals surface area contributed by atoms with Gasteiger partial charge in [0.2, 0.25) is 0 Å². The summed E-state index contributed by atoms with van der Waals surface area (Å²) in [6.07, 6.45) is 10.5. The predicted molar refractivity (Wildman–Crippen MR) is 83.1 cm³/mol. The van der Waals surface area contributed by atoms with Crippen molar-refractivity contribution in [1.29, 1.82) is 0 Å². The van der Waals surface area contributed by atoms with E-state index in [1.54, 1.807) is 0 Å². The predicted octanol–water partition coefficient (Wildman–Crippen LogP) is 4.24. The third-order valence-corrected chi connectivity index (χ3v) is 5.09. The van der Waals surface area contributed by atoms with Crippen LogP contribution in [0.15, 0.2) is 24.3 Å². The van der Waals surface area contributed by atoms with Gasteiger partial charge in [0, 0.05) is 6.04 Å². The average molecular weight is 273 g/mol. The highest BCUT2D eigenvalue weighted by atomic mass is 16.5. The lowest BCUT2D eigenvalue weighted by Crippen LogP contribution is -2.26. The monoisotopic (exact) mass is 273 g/mol. The third kappa shape index (κ3) is 3.35. The molecule has 2 nitrogen and oxygen atoms in total. The van der Waals surface area contributed by atoms with Gasteiger partial charge in [0.25, 0.3) is 0 Å². The summed E-state index contributed by atoms with van der Waals surface area (Å²) in [5.41, 5.74) is 7.77. The maximum absolute atomic E-state index is 6.40. The molecule has 110 valence electrons. The summed E-state index contributed by atoms with van der Waals surface area (Å²) < 4.78 is 5.74. The number of hydrogen-bond donors (Lipinski definition) is 1. The van der Waals surface area contributed by atoms with Gasteiger partial charge in [-0.15, -0.1) is 0 Å². The summed E-state index contributed by atoms with van der Waals surface area (Å²) in [5, 5.41) is 0. The van der Waals surface area contributed by atoms with Crippen LogP contribution in [0.4, 0.5) is 0 Å². The van der Waals surface area contributed by atoms with Gasteiger partial charge in [-0.2, -0.15) is 0 Å². The second kappa shape index (κ2) is 6.62. The second-order valence-electron chi connectivity index (χ2n) is 6.60. The van der Waals surface area contributed by atoms with Crippen LogP contribution < -0.4 is 10.5 Å². The number of fused-ring (bicyclic) bond motifs is 1. The Balaban J connectivity index is 1.52. The lowest BCUT2D eigenvalue weighted by atomic mass is 9.85. The maximum Gasteiger partial charge on any atom is 0.122 e. The zero-order valence-electron chi connectivity index (χ0n) is 12.4. The minimum atomic E-state index is 0.353. The van der Waals surface area contributed by atoms with E-state index < -0.39 is 0 Å². The Hall–Kier alpha value is -1.02. The van der Waals surface area contributed by atoms with Gasteiger partial charge in [-0.05, 0) is 49.1 Å². The zero-order chi connectivity index (χ0) is 13.8. The van der Waals surface area contributed by atoms with Gasteiger partial charge in [-0.3, -0.25) is 0 Å². The van der Waals surface area contributed by atoms with E-state index >= 15 is 0 Å². The SMILES string of the molecule is NC(CCC1CCCC1)CC1CCOc2ccccc21. The summed E-state index contributed by atoms with van der Waals surface area (Å²) in [6.45, 7) is 0.844. The number of hydrogen-bond acceptors (Lipinski definition) is 2. The van der Waals surface area contributed by atoms with Crippen LogP contribution in [0.3, 0.4) is 0 Å². The topological polar surface area (TPSA) is 35.2 Å². The summed E-state index contributed by atoms with van der Waals surface area (Å²) >= 11 is 0. The van der Waals surface area contributed by atoms with Crippen LogP contribution in [0.1, 0.15) is 62.8 Å². The first kappa shape index (κ1) is 13.9. The van der Waals surface area contributed by atoms with Crippen molar-refractivity contribution in [1.82, 2.24) is 0 Å². The van der Waals surface area contributed by atoms with E-state index in [2.05, 4.69) is 24.3 Å². The van der Waals surface area contributed by atoms with E-state index in [0.29, 0.717) is 12.0 Å². The Morgan fingerprint density at radius 2 is 1.95 bits per heavy atom. The van der Waals surface area contributed by atoms with Crippen molar-refractivity contribution < 1.29 is 4.74 Å². The molecule has 2 heteroatoms. The van der Waals surface area contributed by atoms with E-state index in [9.17, 15) is 0 Å². The zero-order valence-corrected chi connectivity index (χ0v) is 12.4. The van der Waals surface area contributed by atoms with Crippen LogP contribution in [-0.2, 0) is 0 Å². The molecular formula is C18H27NO. The van der Waals surface area contributed by atoms with E-state index in [1.807, 2.05) is 0 Å². The lowest BCUT2D eigenvalue weighted by Gasteiger charge is -2.28. The molecular weight excluding hydrogens is 246 g/mol. The quantitative estimate of drug-likeness (QED) is 0.871. The molecule has 1 aromatic rings. The molecule has 0 radical (unpaired) electrons. The molecule has 0 saturated heterocycles. The average Bonchev–Trinajstić information content (AvgIpc) is 2.99. The first-order valence-electron chi connectivity index (χ1n) is 8.30. The van der Waals surface area contributed by atoms with Crippen molar-refractivity contribution in [2.45, 2.75) is 63.3 Å². The number of nitrogens with two attached hydrogens (primary N) is 1. The molecule has 0 spiro atoms. The van der Waals surface area contributed by atoms with Crippen molar-refractivity contribution >= 4 is 0 Å². The van der Waals surface area contributed by atoms with Crippen molar-refractivity contribution in [3.8, 4) is 5.75 Å². The van der Waals surface area contributed by atoms with Crippen LogP contribution >= 0.6 is 0 Å². The Morgan fingerprint density at radius 1 is 1.15 bits per heavy atom. The first-order chi connectivity index (χ1) is 9.83. The highest BCUT2D eigenvalue weighted by Crippen LogP contribution is 2.37. The maximum atomic E-state index is 6.40. The molecule has 1 aliphatic heterocycles. The third-order valence-electron chi connectivity index (χ3n) is 5.09. The summed E-state index contributed by atoms with van der Waals surface area (Å²) in [5.74, 6) is 2.63. The Morgan fingerprint density at radius 3 is 2.80 bits per heavy atom. The standard InChI is InChI=1S/C18H27NO/c19-16(10-9-14-5-1-2-6-14)13-15-11-12-20-18-8-4-3-7-17(15)18/h3-4,7-8,14-16H,1-2,5-6,9-13,19H2. The van der Waals surface area contributed by atoms with E-state index in [4.69, 9.17) is 10.5 Å². The fourth-order valence-corrected chi connectivity index (χ4v) is 3.89. The lowest BCUT2D eigenvalue weighted by molar-refractivity contribution is 0.256. The Bertz CT molecular complexity index is 425. The molecule has 0 bridgehead atoms. The number of benzene rings is 1. The van der Waals surface area contributed by atoms with Crippen LogP contribution in [0, 0.1) is 5.92 Å². The molecule has 1 aliphatic carbocycles. The number of para-hydroxylation sites is 1. The molecule has 2 unspecified atom stereocenters. The van der Waals surface area contributed by atoms with Gasteiger partial charge in [0.15, 0.2) is 0 Å². The molecule has 1 heterocycles. The van der Waals surface area contributed by atoms with Gasteiger partial charge in [0.1, 0.15) is 5.75 Å². The molecule has 3 rings (SSSR count). The highest BCUT2D eigenvalue weighted by Gasteiger charge is 2.23. The normalized spacial score (nSPS) is 24.1. The number of ether oxygens (including phenoxy) is 1. The fraction of sp³-hybridized carbons (Fsp3) is 0.667. The molecule has 0 aromatic heterocycles. The highest BCUT2D eigenvalue weighted by molar-refractivity contribution is 5.37. The van der Waals surface area contributed by atoms with Gasteiger partial charge in [-0.1, -0.05) is 43.9 Å². The van der Waals surface area contributed by atoms with Crippen molar-refractivity contribution in [2.24, 2.45) is 11.7 Å². The summed E-state index contributed by atoms with van der Waals surface area (Å²) in [4.78, 5) is 0. The van der Waals surface area contributed by atoms with Crippen LogP contribution in [0.2, 0.25) is 0 Å². The van der Waals surface area contributed by atoms with E-state index in [0.717, 1.165) is 31.1 Å². The fourth-order valence-electron chi connectivity index (χ4n) is 3.89. The van der Waals surface area contributed by atoms with Crippen LogP contribution in [0.5, 0.6) is 5.75 Å². The minimum absolute atomic E-state index is 0.353. The van der Waals surface area contributed by atoms with Gasteiger partial charge in [-0.25, -0.2) is 0 Å². The first-order valence-corrected chi connectivity index (χ1v) is 8.30. The van der Waals surface area contributed by atoms with Crippen molar-refractivity contribution in [2.75, 3.05) is 6.61 Å². The molecule has 1 saturated carbocycles. The molecule has 2 aliphatic rings. The second-order valence-corrected chi connectivity index (χ2v) is 6.60.